The van der Waals surface area contributed by atoms with Crippen molar-refractivity contribution in [3.63, 3.8) is 0 Å². The van der Waals surface area contributed by atoms with E-state index in [0.29, 0.717) is 18.9 Å². The fraction of sp³-hybridized carbons (Fsp3) is 0.800. The summed E-state index contributed by atoms with van der Waals surface area (Å²) in [7, 11) is 0. The molecule has 8 heteroatoms. The van der Waals surface area contributed by atoms with Crippen LogP contribution in [-0.4, -0.2) is 41.8 Å². The predicted octanol–water partition coefficient (Wildman–Crippen LogP) is 3.06. The number of esters is 1. The number of hydrogen-bond acceptors (Lipinski definition) is 5. The lowest BCUT2D eigenvalue weighted by atomic mass is 9.89. The van der Waals surface area contributed by atoms with E-state index in [9.17, 15) is 9.59 Å². The van der Waals surface area contributed by atoms with E-state index in [4.69, 9.17) is 24.5 Å². The van der Waals surface area contributed by atoms with Crippen molar-refractivity contribution in [2.75, 3.05) is 13.3 Å². The molecule has 23 heavy (non-hydrogen) atoms. The summed E-state index contributed by atoms with van der Waals surface area (Å²) in [5.74, 6) is 0.465. The minimum atomic E-state index is -1.83. The first-order chi connectivity index (χ1) is 10.8. The van der Waals surface area contributed by atoms with Gasteiger partial charge in [-0.3, -0.25) is 4.79 Å². The van der Waals surface area contributed by atoms with Gasteiger partial charge in [0.05, 0.1) is 0 Å². The SMILES string of the molecule is CC(C)CC(=O)OCOC(=O)NCC1CCCCC1.O=C(O)O. The Balaban J connectivity index is 0.00000108. The monoisotopic (exact) mass is 333 g/mol. The van der Waals surface area contributed by atoms with Crippen molar-refractivity contribution in [2.45, 2.75) is 52.4 Å². The number of carbonyl (C=O) groups is 3. The summed E-state index contributed by atoms with van der Waals surface area (Å²) in [6.45, 7) is 4.21. The summed E-state index contributed by atoms with van der Waals surface area (Å²) in [6.07, 6.45) is 4.12. The Bertz CT molecular complexity index is 361. The molecule has 0 atom stereocenters. The summed E-state index contributed by atoms with van der Waals surface area (Å²) < 4.78 is 9.59. The van der Waals surface area contributed by atoms with Crippen LogP contribution >= 0.6 is 0 Å². The topological polar surface area (TPSA) is 122 Å². The van der Waals surface area contributed by atoms with Crippen molar-refractivity contribution < 1.29 is 34.1 Å². The molecule has 1 rings (SSSR count). The van der Waals surface area contributed by atoms with Crippen LogP contribution in [0.25, 0.3) is 0 Å². The van der Waals surface area contributed by atoms with Gasteiger partial charge in [-0.1, -0.05) is 33.1 Å². The van der Waals surface area contributed by atoms with Crippen LogP contribution in [0.5, 0.6) is 0 Å². The molecule has 0 aliphatic heterocycles. The average Bonchev–Trinajstić information content (AvgIpc) is 2.45. The Labute approximate surface area is 136 Å². The van der Waals surface area contributed by atoms with Gasteiger partial charge in [-0.05, 0) is 24.7 Å². The molecule has 1 aliphatic rings. The van der Waals surface area contributed by atoms with E-state index in [-0.39, 0.29) is 18.7 Å². The molecule has 0 unspecified atom stereocenters. The normalized spacial score (nSPS) is 14.4. The Morgan fingerprint density at radius 3 is 2.17 bits per heavy atom. The van der Waals surface area contributed by atoms with Crippen LogP contribution in [0.3, 0.4) is 0 Å². The molecule has 0 aromatic heterocycles. The zero-order chi connectivity index (χ0) is 17.7. The molecular formula is C15H27NO7. The van der Waals surface area contributed by atoms with Crippen LogP contribution in [0.15, 0.2) is 0 Å². The highest BCUT2D eigenvalue weighted by Gasteiger charge is 2.14. The van der Waals surface area contributed by atoms with E-state index in [1.54, 1.807) is 0 Å². The van der Waals surface area contributed by atoms with E-state index >= 15 is 0 Å². The van der Waals surface area contributed by atoms with Gasteiger partial charge >= 0.3 is 18.2 Å². The van der Waals surface area contributed by atoms with Crippen molar-refractivity contribution >= 4 is 18.2 Å². The Morgan fingerprint density at radius 2 is 1.65 bits per heavy atom. The van der Waals surface area contributed by atoms with E-state index in [2.05, 4.69) is 5.32 Å². The molecule has 0 aromatic carbocycles. The predicted molar refractivity (Wildman–Crippen MR) is 82.1 cm³/mol. The molecule has 1 fully saturated rings. The van der Waals surface area contributed by atoms with E-state index in [1.807, 2.05) is 13.8 Å². The standard InChI is InChI=1S/C14H25NO4.CH2O3/c1-11(2)8-13(16)18-10-19-14(17)15-9-12-6-4-3-5-7-12;2-1(3)4/h11-12H,3-10H2,1-2H3,(H,15,17);(H2,2,3,4). The molecule has 0 heterocycles. The van der Waals surface area contributed by atoms with Gasteiger partial charge in [-0.2, -0.15) is 0 Å². The number of hydrogen-bond donors (Lipinski definition) is 3. The van der Waals surface area contributed by atoms with Crippen molar-refractivity contribution in [1.29, 1.82) is 0 Å². The van der Waals surface area contributed by atoms with Gasteiger partial charge in [0.25, 0.3) is 0 Å². The molecule has 0 radical (unpaired) electrons. The third kappa shape index (κ3) is 14.7. The summed E-state index contributed by atoms with van der Waals surface area (Å²) >= 11 is 0. The first kappa shape index (κ1) is 21.0. The van der Waals surface area contributed by atoms with Crippen molar-refractivity contribution in [3.8, 4) is 0 Å². The Hall–Kier alpha value is -1.99. The highest BCUT2D eigenvalue weighted by atomic mass is 16.7. The number of alkyl carbamates (subject to hydrolysis) is 1. The number of nitrogens with one attached hydrogen (secondary N) is 1. The van der Waals surface area contributed by atoms with E-state index in [0.717, 1.165) is 0 Å². The second kappa shape index (κ2) is 12.5. The highest BCUT2D eigenvalue weighted by Crippen LogP contribution is 2.22. The fourth-order valence-electron chi connectivity index (χ4n) is 2.21. The molecule has 0 saturated heterocycles. The first-order valence-corrected chi connectivity index (χ1v) is 7.79. The number of rotatable bonds is 6. The molecule has 0 bridgehead atoms. The maximum Gasteiger partial charge on any atom is 0.503 e. The fourth-order valence-corrected chi connectivity index (χ4v) is 2.21. The maximum absolute atomic E-state index is 11.4. The molecule has 3 N–H and O–H groups in total. The van der Waals surface area contributed by atoms with Crippen LogP contribution in [0.1, 0.15) is 52.4 Å². The Morgan fingerprint density at radius 1 is 1.09 bits per heavy atom. The van der Waals surface area contributed by atoms with Crippen LogP contribution in [-0.2, 0) is 14.3 Å². The first-order valence-electron chi connectivity index (χ1n) is 7.79. The molecule has 1 saturated carbocycles. The molecule has 8 nitrogen and oxygen atoms in total. The second-order valence-corrected chi connectivity index (χ2v) is 5.83. The summed E-state index contributed by atoms with van der Waals surface area (Å²) in [4.78, 5) is 31.1. The molecule has 0 spiro atoms. The van der Waals surface area contributed by atoms with Crippen LogP contribution in [0.4, 0.5) is 9.59 Å². The van der Waals surface area contributed by atoms with Crippen LogP contribution < -0.4 is 5.32 Å². The summed E-state index contributed by atoms with van der Waals surface area (Å²) in [6, 6.07) is 0. The van der Waals surface area contributed by atoms with Crippen molar-refractivity contribution in [2.24, 2.45) is 11.8 Å². The van der Waals surface area contributed by atoms with Gasteiger partial charge in [0.2, 0.25) is 6.79 Å². The van der Waals surface area contributed by atoms with Gasteiger partial charge in [0.1, 0.15) is 0 Å². The number of ether oxygens (including phenoxy) is 2. The molecule has 1 aliphatic carbocycles. The molecular weight excluding hydrogens is 306 g/mol. The smallest absolute Gasteiger partial charge is 0.450 e. The minimum absolute atomic E-state index is 0.243. The van der Waals surface area contributed by atoms with Gasteiger partial charge in [0.15, 0.2) is 0 Å². The van der Waals surface area contributed by atoms with E-state index in [1.165, 1.54) is 32.1 Å². The maximum atomic E-state index is 11.4. The van der Waals surface area contributed by atoms with Gasteiger partial charge in [-0.25, -0.2) is 9.59 Å². The lowest BCUT2D eigenvalue weighted by Crippen LogP contribution is -2.31. The highest BCUT2D eigenvalue weighted by molar-refractivity contribution is 5.70. The molecule has 134 valence electrons. The number of carbonyl (C=O) groups excluding carboxylic acids is 2. The quantitative estimate of drug-likeness (QED) is 0.504. The largest absolute Gasteiger partial charge is 0.503 e. The Kier molecular flexibility index (Phi) is 11.5. The molecule has 1 amide bonds. The van der Waals surface area contributed by atoms with E-state index < -0.39 is 12.2 Å². The van der Waals surface area contributed by atoms with Crippen molar-refractivity contribution in [3.05, 3.63) is 0 Å². The van der Waals surface area contributed by atoms with Gasteiger partial charge in [-0.15, -0.1) is 0 Å². The summed E-state index contributed by atoms with van der Waals surface area (Å²) in [5.41, 5.74) is 0. The van der Waals surface area contributed by atoms with Gasteiger partial charge in [0, 0.05) is 13.0 Å². The summed E-state index contributed by atoms with van der Waals surface area (Å²) in [5, 5.41) is 16.7. The lowest BCUT2D eigenvalue weighted by molar-refractivity contribution is -0.152. The third-order valence-corrected chi connectivity index (χ3v) is 3.24. The van der Waals surface area contributed by atoms with Gasteiger partial charge < -0.3 is 25.0 Å². The molecule has 0 aromatic rings. The average molecular weight is 333 g/mol. The number of carboxylic acid groups (broad SMARTS) is 2. The third-order valence-electron chi connectivity index (χ3n) is 3.24. The van der Waals surface area contributed by atoms with Crippen LogP contribution in [0.2, 0.25) is 0 Å². The minimum Gasteiger partial charge on any atom is -0.450 e. The zero-order valence-corrected chi connectivity index (χ0v) is 13.7. The van der Waals surface area contributed by atoms with Crippen molar-refractivity contribution in [1.82, 2.24) is 5.32 Å². The number of amides is 1. The zero-order valence-electron chi connectivity index (χ0n) is 13.7. The second-order valence-electron chi connectivity index (χ2n) is 5.83. The lowest BCUT2D eigenvalue weighted by Gasteiger charge is -2.21. The van der Waals surface area contributed by atoms with Crippen LogP contribution in [0, 0.1) is 11.8 Å².